The first-order valence-corrected chi connectivity index (χ1v) is 8.24. The first kappa shape index (κ1) is 15.0. The predicted molar refractivity (Wildman–Crippen MR) is 90.5 cm³/mol. The molecule has 5 nitrogen and oxygen atoms in total. The van der Waals surface area contributed by atoms with Crippen LogP contribution in [0.1, 0.15) is 22.5 Å². The molecule has 0 unspecified atom stereocenters. The van der Waals surface area contributed by atoms with Crippen molar-refractivity contribution < 1.29 is 9.15 Å². The Labute approximate surface area is 141 Å². The molecule has 4 rings (SSSR count). The molecule has 124 valence electrons. The molecule has 1 aromatic carbocycles. The molecule has 1 aliphatic rings. The quantitative estimate of drug-likeness (QED) is 0.723. The van der Waals surface area contributed by atoms with E-state index in [0.717, 1.165) is 37.5 Å². The summed E-state index contributed by atoms with van der Waals surface area (Å²) in [6.45, 7) is 3.36. The van der Waals surface area contributed by atoms with Gasteiger partial charge in [0.2, 0.25) is 0 Å². The van der Waals surface area contributed by atoms with E-state index in [1.807, 2.05) is 54.4 Å². The molecule has 0 radical (unpaired) electrons. The Bertz CT molecular complexity index is 794. The van der Waals surface area contributed by atoms with Crippen LogP contribution in [-0.2, 0) is 33.2 Å². The van der Waals surface area contributed by atoms with Gasteiger partial charge < -0.3 is 9.15 Å². The van der Waals surface area contributed by atoms with Gasteiger partial charge >= 0.3 is 0 Å². The molecular weight excluding hydrogens is 302 g/mol. The zero-order valence-electron chi connectivity index (χ0n) is 13.8. The Morgan fingerprint density at radius 2 is 2.08 bits per heavy atom. The average Bonchev–Trinajstić information content (AvgIpc) is 3.22. The van der Waals surface area contributed by atoms with Crippen molar-refractivity contribution in [1.29, 1.82) is 0 Å². The van der Waals surface area contributed by atoms with Crippen LogP contribution in [-0.4, -0.2) is 21.2 Å². The van der Waals surface area contributed by atoms with Crippen molar-refractivity contribution in [1.82, 2.24) is 14.7 Å². The molecule has 3 aromatic rings. The van der Waals surface area contributed by atoms with Gasteiger partial charge in [0.25, 0.3) is 0 Å². The fourth-order valence-corrected chi connectivity index (χ4v) is 3.29. The summed E-state index contributed by atoms with van der Waals surface area (Å²) in [5.74, 6) is 0.878. The van der Waals surface area contributed by atoms with Gasteiger partial charge in [0.15, 0.2) is 0 Å². The third-order valence-corrected chi connectivity index (χ3v) is 4.51. The molecule has 0 atom stereocenters. The lowest BCUT2D eigenvalue weighted by Crippen LogP contribution is -2.30. The summed E-state index contributed by atoms with van der Waals surface area (Å²) in [5, 5.41) is 4.69. The number of benzene rings is 1. The van der Waals surface area contributed by atoms with Gasteiger partial charge in [-0.25, -0.2) is 0 Å². The smallest absolute Gasteiger partial charge is 0.132 e. The molecule has 0 saturated carbocycles. The molecule has 0 spiro atoms. The number of hydrogen-bond acceptors (Lipinski definition) is 4. The lowest BCUT2D eigenvalue weighted by atomic mass is 10.0. The van der Waals surface area contributed by atoms with Crippen LogP contribution in [0.25, 0.3) is 0 Å². The Morgan fingerprint density at radius 1 is 1.21 bits per heavy atom. The zero-order chi connectivity index (χ0) is 16.4. The maximum Gasteiger partial charge on any atom is 0.132 e. The van der Waals surface area contributed by atoms with Gasteiger partial charge in [0, 0.05) is 49.9 Å². The van der Waals surface area contributed by atoms with Crippen molar-refractivity contribution in [3.63, 3.8) is 0 Å². The van der Waals surface area contributed by atoms with Crippen LogP contribution in [0.4, 0.5) is 0 Å². The van der Waals surface area contributed by atoms with E-state index in [2.05, 4.69) is 10.00 Å². The molecular formula is C19H21N3O2. The van der Waals surface area contributed by atoms with Crippen LogP contribution in [0, 0.1) is 0 Å². The minimum atomic E-state index is 0.507. The highest BCUT2D eigenvalue weighted by molar-refractivity contribution is 5.29. The van der Waals surface area contributed by atoms with Crippen molar-refractivity contribution in [3.05, 3.63) is 71.4 Å². The van der Waals surface area contributed by atoms with Crippen molar-refractivity contribution >= 4 is 0 Å². The van der Waals surface area contributed by atoms with Crippen LogP contribution in [0.15, 0.2) is 53.3 Å². The second-order valence-electron chi connectivity index (χ2n) is 6.19. The summed E-state index contributed by atoms with van der Waals surface area (Å²) in [6.07, 6.45) is 4.56. The minimum absolute atomic E-state index is 0.507. The van der Waals surface area contributed by atoms with E-state index in [1.54, 1.807) is 6.26 Å². The molecule has 2 aromatic heterocycles. The zero-order valence-corrected chi connectivity index (χ0v) is 13.8. The molecule has 5 heteroatoms. The second-order valence-corrected chi connectivity index (χ2v) is 6.19. The van der Waals surface area contributed by atoms with Crippen molar-refractivity contribution in [2.45, 2.75) is 26.1 Å². The number of nitrogens with zero attached hydrogens (tertiary/aromatic N) is 3. The summed E-state index contributed by atoms with van der Waals surface area (Å²) in [6, 6.07) is 11.9. The standard InChI is InChI=1S/C19H21N3O2/c1-21-19-7-9-22(11-15-8-10-23-13-15)12-17(19)18(20-21)14-24-16-5-3-2-4-6-16/h2-6,8,10,13H,7,9,11-12,14H2,1H3. The highest BCUT2D eigenvalue weighted by atomic mass is 16.5. The average molecular weight is 323 g/mol. The number of para-hydroxylation sites is 1. The largest absolute Gasteiger partial charge is 0.487 e. The Kier molecular flexibility index (Phi) is 4.09. The maximum absolute atomic E-state index is 5.90. The summed E-state index contributed by atoms with van der Waals surface area (Å²) in [7, 11) is 2.02. The summed E-state index contributed by atoms with van der Waals surface area (Å²) in [4.78, 5) is 2.43. The Hall–Kier alpha value is -2.53. The van der Waals surface area contributed by atoms with E-state index < -0.39 is 0 Å². The number of fused-ring (bicyclic) bond motifs is 1. The lowest BCUT2D eigenvalue weighted by molar-refractivity contribution is 0.238. The van der Waals surface area contributed by atoms with E-state index in [1.165, 1.54) is 16.8 Å². The molecule has 0 amide bonds. The summed E-state index contributed by atoms with van der Waals surface area (Å²) < 4.78 is 13.1. The van der Waals surface area contributed by atoms with E-state index in [-0.39, 0.29) is 0 Å². The van der Waals surface area contributed by atoms with Gasteiger partial charge in [-0.05, 0) is 18.2 Å². The van der Waals surface area contributed by atoms with E-state index in [0.29, 0.717) is 6.61 Å². The van der Waals surface area contributed by atoms with Crippen LogP contribution >= 0.6 is 0 Å². The topological polar surface area (TPSA) is 43.4 Å². The van der Waals surface area contributed by atoms with Gasteiger partial charge in [-0.3, -0.25) is 9.58 Å². The highest BCUT2D eigenvalue weighted by Gasteiger charge is 2.24. The maximum atomic E-state index is 5.90. The number of ether oxygens (including phenoxy) is 1. The number of rotatable bonds is 5. The second kappa shape index (κ2) is 6.53. The molecule has 0 saturated heterocycles. The van der Waals surface area contributed by atoms with E-state index >= 15 is 0 Å². The fourth-order valence-electron chi connectivity index (χ4n) is 3.29. The molecule has 0 fully saturated rings. The fraction of sp³-hybridized carbons (Fsp3) is 0.316. The molecule has 0 N–H and O–H groups in total. The predicted octanol–water partition coefficient (Wildman–Crippen LogP) is 3.15. The van der Waals surface area contributed by atoms with Crippen molar-refractivity contribution in [2.75, 3.05) is 6.54 Å². The van der Waals surface area contributed by atoms with Crippen LogP contribution in [0.5, 0.6) is 5.75 Å². The number of aryl methyl sites for hydroxylation is 1. The van der Waals surface area contributed by atoms with Gasteiger partial charge in [-0.2, -0.15) is 5.10 Å². The third-order valence-electron chi connectivity index (χ3n) is 4.51. The monoisotopic (exact) mass is 323 g/mol. The number of aromatic nitrogens is 2. The SMILES string of the molecule is Cn1nc(COc2ccccc2)c2c1CCN(Cc1ccoc1)C2. The molecule has 24 heavy (non-hydrogen) atoms. The molecule has 1 aliphatic heterocycles. The molecule has 0 bridgehead atoms. The minimum Gasteiger partial charge on any atom is -0.487 e. The first-order valence-electron chi connectivity index (χ1n) is 8.24. The molecule has 0 aliphatic carbocycles. The van der Waals surface area contributed by atoms with Gasteiger partial charge in [0.1, 0.15) is 18.1 Å². The Morgan fingerprint density at radius 3 is 2.88 bits per heavy atom. The van der Waals surface area contributed by atoms with Crippen molar-refractivity contribution in [2.24, 2.45) is 7.05 Å². The third kappa shape index (κ3) is 3.08. The van der Waals surface area contributed by atoms with Crippen molar-refractivity contribution in [3.8, 4) is 5.75 Å². The number of furan rings is 1. The van der Waals surface area contributed by atoms with Crippen LogP contribution in [0.2, 0.25) is 0 Å². The normalized spacial score (nSPS) is 14.5. The highest BCUT2D eigenvalue weighted by Crippen LogP contribution is 2.24. The molecule has 3 heterocycles. The Balaban J connectivity index is 1.49. The summed E-state index contributed by atoms with van der Waals surface area (Å²) >= 11 is 0. The number of hydrogen-bond donors (Lipinski definition) is 0. The van der Waals surface area contributed by atoms with Gasteiger partial charge in [-0.15, -0.1) is 0 Å². The van der Waals surface area contributed by atoms with E-state index in [4.69, 9.17) is 9.15 Å². The first-order chi connectivity index (χ1) is 11.8. The van der Waals surface area contributed by atoms with Crippen LogP contribution < -0.4 is 4.74 Å². The lowest BCUT2D eigenvalue weighted by Gasteiger charge is -2.27. The van der Waals surface area contributed by atoms with Crippen LogP contribution in [0.3, 0.4) is 0 Å². The van der Waals surface area contributed by atoms with E-state index in [9.17, 15) is 0 Å². The summed E-state index contributed by atoms with van der Waals surface area (Å²) in [5.41, 5.74) is 4.88. The van der Waals surface area contributed by atoms with Gasteiger partial charge in [-0.1, -0.05) is 18.2 Å². The van der Waals surface area contributed by atoms with Gasteiger partial charge in [0.05, 0.1) is 12.5 Å².